The Kier molecular flexibility index (Phi) is 7.11. The van der Waals surface area contributed by atoms with Crippen LogP contribution in [0.3, 0.4) is 0 Å². The number of rotatable bonds is 4. The zero-order valence-electron chi connectivity index (χ0n) is 9.28. The summed E-state index contributed by atoms with van der Waals surface area (Å²) in [6, 6.07) is 3.32. The van der Waals surface area contributed by atoms with Gasteiger partial charge in [-0.15, -0.1) is 12.4 Å². The van der Waals surface area contributed by atoms with Crippen LogP contribution in [0, 0.1) is 5.82 Å². The SMILES string of the molecule is CCOC(=O)C[C@@H](N)c1ccc(F)cc1Cl.Cl. The lowest BCUT2D eigenvalue weighted by atomic mass is 10.0. The van der Waals surface area contributed by atoms with Gasteiger partial charge in [0, 0.05) is 11.1 Å². The van der Waals surface area contributed by atoms with Gasteiger partial charge in [-0.2, -0.15) is 0 Å². The highest BCUT2D eigenvalue weighted by Crippen LogP contribution is 2.24. The van der Waals surface area contributed by atoms with E-state index in [4.69, 9.17) is 22.1 Å². The topological polar surface area (TPSA) is 52.3 Å². The maximum absolute atomic E-state index is 12.8. The quantitative estimate of drug-likeness (QED) is 0.864. The van der Waals surface area contributed by atoms with Crippen molar-refractivity contribution in [1.29, 1.82) is 0 Å². The third-order valence-corrected chi connectivity index (χ3v) is 2.38. The van der Waals surface area contributed by atoms with Crippen LogP contribution in [0.4, 0.5) is 4.39 Å². The predicted octanol–water partition coefficient (Wildman–Crippen LogP) is 2.85. The molecule has 0 bridgehead atoms. The summed E-state index contributed by atoms with van der Waals surface area (Å²) in [5.74, 6) is -0.826. The normalized spacial score (nSPS) is 11.5. The molecule has 1 aromatic rings. The summed E-state index contributed by atoms with van der Waals surface area (Å²) in [7, 11) is 0. The minimum absolute atomic E-state index is 0. The lowest BCUT2D eigenvalue weighted by Crippen LogP contribution is -2.17. The number of nitrogens with two attached hydrogens (primary N) is 1. The van der Waals surface area contributed by atoms with Crippen LogP contribution in [0.1, 0.15) is 24.9 Å². The van der Waals surface area contributed by atoms with Gasteiger partial charge >= 0.3 is 5.97 Å². The van der Waals surface area contributed by atoms with Crippen molar-refractivity contribution in [1.82, 2.24) is 0 Å². The Hall–Kier alpha value is -0.840. The van der Waals surface area contributed by atoms with E-state index in [9.17, 15) is 9.18 Å². The van der Waals surface area contributed by atoms with Gasteiger partial charge < -0.3 is 10.5 Å². The number of hydrogen-bond donors (Lipinski definition) is 1. The average Bonchev–Trinajstić information content (AvgIpc) is 2.17. The molecule has 1 aromatic carbocycles. The van der Waals surface area contributed by atoms with Crippen molar-refractivity contribution in [3.05, 3.63) is 34.6 Å². The molecule has 17 heavy (non-hydrogen) atoms. The molecular formula is C11H14Cl2FNO2. The molecule has 0 aliphatic heterocycles. The molecule has 0 heterocycles. The van der Waals surface area contributed by atoms with Crippen molar-refractivity contribution in [3.63, 3.8) is 0 Å². The van der Waals surface area contributed by atoms with Crippen LogP contribution in [0.2, 0.25) is 5.02 Å². The van der Waals surface area contributed by atoms with Crippen molar-refractivity contribution in [2.45, 2.75) is 19.4 Å². The zero-order chi connectivity index (χ0) is 12.1. The number of esters is 1. The molecule has 96 valence electrons. The van der Waals surface area contributed by atoms with Crippen LogP contribution in [0.5, 0.6) is 0 Å². The van der Waals surface area contributed by atoms with E-state index in [1.54, 1.807) is 6.92 Å². The minimum atomic E-state index is -0.577. The summed E-state index contributed by atoms with van der Waals surface area (Å²) < 4.78 is 17.5. The van der Waals surface area contributed by atoms with E-state index >= 15 is 0 Å². The van der Waals surface area contributed by atoms with E-state index in [1.165, 1.54) is 18.2 Å². The van der Waals surface area contributed by atoms with Gasteiger partial charge in [0.1, 0.15) is 5.82 Å². The maximum Gasteiger partial charge on any atom is 0.307 e. The molecule has 3 nitrogen and oxygen atoms in total. The van der Waals surface area contributed by atoms with Crippen molar-refractivity contribution in [3.8, 4) is 0 Å². The molecule has 6 heteroatoms. The summed E-state index contributed by atoms with van der Waals surface area (Å²) in [6.45, 7) is 2.02. The smallest absolute Gasteiger partial charge is 0.307 e. The van der Waals surface area contributed by atoms with Gasteiger partial charge in [0.2, 0.25) is 0 Å². The van der Waals surface area contributed by atoms with Gasteiger partial charge in [-0.3, -0.25) is 4.79 Å². The highest BCUT2D eigenvalue weighted by Gasteiger charge is 2.15. The molecule has 0 aliphatic carbocycles. The van der Waals surface area contributed by atoms with Gasteiger partial charge in [0.25, 0.3) is 0 Å². The predicted molar refractivity (Wildman–Crippen MR) is 66.8 cm³/mol. The Bertz CT molecular complexity index is 388. The molecule has 0 radical (unpaired) electrons. The largest absolute Gasteiger partial charge is 0.466 e. The van der Waals surface area contributed by atoms with Gasteiger partial charge in [-0.25, -0.2) is 4.39 Å². The summed E-state index contributed by atoms with van der Waals surface area (Å²) in [4.78, 5) is 11.2. The Morgan fingerprint density at radius 3 is 2.76 bits per heavy atom. The molecule has 2 N–H and O–H groups in total. The summed E-state index contributed by atoms with van der Waals surface area (Å²) in [5.41, 5.74) is 6.31. The highest BCUT2D eigenvalue weighted by atomic mass is 35.5. The van der Waals surface area contributed by atoms with Crippen molar-refractivity contribution in [2.75, 3.05) is 6.61 Å². The Labute approximate surface area is 110 Å². The zero-order valence-corrected chi connectivity index (χ0v) is 10.9. The second-order valence-electron chi connectivity index (χ2n) is 3.28. The van der Waals surface area contributed by atoms with Crippen LogP contribution in [0.15, 0.2) is 18.2 Å². The van der Waals surface area contributed by atoms with Crippen LogP contribution < -0.4 is 5.73 Å². The van der Waals surface area contributed by atoms with Gasteiger partial charge in [-0.05, 0) is 24.6 Å². The maximum atomic E-state index is 12.8. The average molecular weight is 282 g/mol. The molecule has 0 saturated carbocycles. The van der Waals surface area contributed by atoms with Crippen LogP contribution >= 0.6 is 24.0 Å². The summed E-state index contributed by atoms with van der Waals surface area (Å²) >= 11 is 5.81. The number of ether oxygens (including phenoxy) is 1. The van der Waals surface area contributed by atoms with E-state index in [0.717, 1.165) is 0 Å². The third-order valence-electron chi connectivity index (χ3n) is 2.05. The fourth-order valence-corrected chi connectivity index (χ4v) is 1.62. The lowest BCUT2D eigenvalue weighted by Gasteiger charge is -2.12. The number of hydrogen-bond acceptors (Lipinski definition) is 3. The van der Waals surface area contributed by atoms with Gasteiger partial charge in [0.15, 0.2) is 0 Å². The standard InChI is InChI=1S/C11H13ClFNO2.ClH/c1-2-16-11(15)6-10(14)8-4-3-7(13)5-9(8)12;/h3-5,10H,2,6,14H2,1H3;1H/t10-;/m1./s1. The number of halogens is 3. The molecule has 0 saturated heterocycles. The molecule has 0 aromatic heterocycles. The molecular weight excluding hydrogens is 268 g/mol. The molecule has 1 atom stereocenters. The summed E-state index contributed by atoms with van der Waals surface area (Å²) in [6.07, 6.45) is 0.0270. The van der Waals surface area contributed by atoms with E-state index in [-0.39, 0.29) is 23.9 Å². The first-order chi connectivity index (χ1) is 7.54. The van der Waals surface area contributed by atoms with Crippen molar-refractivity contribution < 1.29 is 13.9 Å². The lowest BCUT2D eigenvalue weighted by molar-refractivity contribution is -0.143. The monoisotopic (exact) mass is 281 g/mol. The Morgan fingerprint density at radius 1 is 1.59 bits per heavy atom. The van der Waals surface area contributed by atoms with Crippen LogP contribution in [-0.2, 0) is 9.53 Å². The van der Waals surface area contributed by atoms with Gasteiger partial charge in [-0.1, -0.05) is 17.7 Å². The van der Waals surface area contributed by atoms with E-state index < -0.39 is 17.8 Å². The van der Waals surface area contributed by atoms with E-state index in [2.05, 4.69) is 0 Å². The Morgan fingerprint density at radius 2 is 2.24 bits per heavy atom. The fraction of sp³-hybridized carbons (Fsp3) is 0.364. The molecule has 0 fully saturated rings. The van der Waals surface area contributed by atoms with E-state index in [0.29, 0.717) is 12.2 Å². The van der Waals surface area contributed by atoms with Gasteiger partial charge in [0.05, 0.1) is 13.0 Å². The number of benzene rings is 1. The minimum Gasteiger partial charge on any atom is -0.466 e. The van der Waals surface area contributed by atoms with E-state index in [1.807, 2.05) is 0 Å². The first kappa shape index (κ1) is 16.2. The van der Waals surface area contributed by atoms with Crippen LogP contribution in [-0.4, -0.2) is 12.6 Å². The first-order valence-electron chi connectivity index (χ1n) is 4.90. The summed E-state index contributed by atoms with van der Waals surface area (Å²) in [5, 5.41) is 0.219. The van der Waals surface area contributed by atoms with Crippen LogP contribution in [0.25, 0.3) is 0 Å². The Balaban J connectivity index is 0.00000256. The molecule has 0 aliphatic rings. The number of carbonyl (C=O) groups excluding carboxylic acids is 1. The first-order valence-corrected chi connectivity index (χ1v) is 5.28. The second-order valence-corrected chi connectivity index (χ2v) is 3.69. The molecule has 1 rings (SSSR count). The number of carbonyl (C=O) groups is 1. The molecule has 0 unspecified atom stereocenters. The van der Waals surface area contributed by atoms with Crippen molar-refractivity contribution >= 4 is 30.0 Å². The third kappa shape index (κ3) is 4.89. The highest BCUT2D eigenvalue weighted by molar-refractivity contribution is 6.31. The molecule has 0 amide bonds. The molecule has 0 spiro atoms. The second kappa shape index (κ2) is 7.48. The fourth-order valence-electron chi connectivity index (χ4n) is 1.31. The van der Waals surface area contributed by atoms with Crippen molar-refractivity contribution in [2.24, 2.45) is 5.73 Å².